The molecule has 1 spiro atoms. The third kappa shape index (κ3) is 2.66. The van der Waals surface area contributed by atoms with E-state index in [1.54, 1.807) is 0 Å². The van der Waals surface area contributed by atoms with E-state index in [2.05, 4.69) is 97.7 Å². The lowest BCUT2D eigenvalue weighted by atomic mass is 9.53. The van der Waals surface area contributed by atoms with E-state index >= 15 is 0 Å². The van der Waals surface area contributed by atoms with E-state index < -0.39 is 0 Å². The highest BCUT2D eigenvalue weighted by Crippen LogP contribution is 2.56. The SMILES string of the molecule is CC1(C)CCC2(c3ccccc3Cc3ccccc32)c2cc(-c3ccccn3)ccc21. The summed E-state index contributed by atoms with van der Waals surface area (Å²) >= 11 is 0. The quantitative estimate of drug-likeness (QED) is 0.333. The van der Waals surface area contributed by atoms with E-state index in [-0.39, 0.29) is 10.8 Å². The number of hydrogen-bond donors (Lipinski definition) is 0. The predicted octanol–water partition coefficient (Wildman–Crippen LogP) is 7.06. The molecule has 3 aromatic carbocycles. The van der Waals surface area contributed by atoms with E-state index in [1.807, 2.05) is 12.3 Å². The van der Waals surface area contributed by atoms with E-state index in [1.165, 1.54) is 45.4 Å². The maximum atomic E-state index is 4.66. The van der Waals surface area contributed by atoms with Crippen molar-refractivity contribution in [3.05, 3.63) is 125 Å². The molecule has 0 fully saturated rings. The first kappa shape index (κ1) is 18.6. The summed E-state index contributed by atoms with van der Waals surface area (Å²) in [5.41, 5.74) is 11.2. The Morgan fingerprint density at radius 2 is 1.32 bits per heavy atom. The van der Waals surface area contributed by atoms with Crippen LogP contribution >= 0.6 is 0 Å². The van der Waals surface area contributed by atoms with Crippen LogP contribution in [0.25, 0.3) is 11.3 Å². The summed E-state index contributed by atoms with van der Waals surface area (Å²) in [6.45, 7) is 4.81. The molecule has 1 heteroatoms. The zero-order valence-corrected chi connectivity index (χ0v) is 18.2. The van der Waals surface area contributed by atoms with Gasteiger partial charge in [-0.2, -0.15) is 0 Å². The fourth-order valence-electron chi connectivity index (χ4n) is 6.04. The molecule has 0 atom stereocenters. The molecule has 152 valence electrons. The molecule has 0 saturated heterocycles. The van der Waals surface area contributed by atoms with Crippen molar-refractivity contribution in [2.75, 3.05) is 0 Å². The second kappa shape index (κ2) is 6.65. The molecule has 2 aliphatic rings. The highest BCUT2D eigenvalue weighted by atomic mass is 14.7. The second-order valence-corrected chi connectivity index (χ2v) is 9.76. The maximum absolute atomic E-state index is 4.66. The largest absolute Gasteiger partial charge is 0.256 e. The minimum absolute atomic E-state index is 0.0962. The van der Waals surface area contributed by atoms with Gasteiger partial charge in [-0.25, -0.2) is 0 Å². The molecule has 4 aromatic rings. The highest BCUT2D eigenvalue weighted by Gasteiger charge is 2.48. The van der Waals surface area contributed by atoms with Crippen LogP contribution in [-0.2, 0) is 17.3 Å². The Balaban J connectivity index is 1.71. The summed E-state index contributed by atoms with van der Waals surface area (Å²) in [5, 5.41) is 0. The van der Waals surface area contributed by atoms with Crippen molar-refractivity contribution < 1.29 is 0 Å². The van der Waals surface area contributed by atoms with Crippen LogP contribution < -0.4 is 0 Å². The van der Waals surface area contributed by atoms with Crippen molar-refractivity contribution in [3.63, 3.8) is 0 Å². The molecular weight excluding hydrogens is 374 g/mol. The first-order chi connectivity index (χ1) is 15.1. The van der Waals surface area contributed by atoms with Crippen molar-refractivity contribution in [1.82, 2.24) is 4.98 Å². The smallest absolute Gasteiger partial charge is 0.0702 e. The van der Waals surface area contributed by atoms with Gasteiger partial charge < -0.3 is 0 Å². The van der Waals surface area contributed by atoms with Crippen LogP contribution in [0, 0.1) is 0 Å². The second-order valence-electron chi connectivity index (χ2n) is 9.76. The fourth-order valence-corrected chi connectivity index (χ4v) is 6.04. The van der Waals surface area contributed by atoms with Gasteiger partial charge >= 0.3 is 0 Å². The monoisotopic (exact) mass is 401 g/mol. The van der Waals surface area contributed by atoms with Crippen LogP contribution in [0.2, 0.25) is 0 Å². The van der Waals surface area contributed by atoms with Gasteiger partial charge in [-0.15, -0.1) is 0 Å². The lowest BCUT2D eigenvalue weighted by Gasteiger charge is -2.49. The van der Waals surface area contributed by atoms with Gasteiger partial charge in [0.15, 0.2) is 0 Å². The fraction of sp³-hybridized carbons (Fsp3) is 0.233. The number of benzene rings is 3. The maximum Gasteiger partial charge on any atom is 0.0702 e. The zero-order chi connectivity index (χ0) is 21.1. The van der Waals surface area contributed by atoms with E-state index in [9.17, 15) is 0 Å². The van der Waals surface area contributed by atoms with Crippen molar-refractivity contribution in [2.45, 2.75) is 43.9 Å². The molecular formula is C30H27N. The summed E-state index contributed by atoms with van der Waals surface area (Å²) in [5.74, 6) is 0. The average molecular weight is 402 g/mol. The zero-order valence-electron chi connectivity index (χ0n) is 18.2. The molecule has 0 aliphatic heterocycles. The minimum Gasteiger partial charge on any atom is -0.256 e. The summed E-state index contributed by atoms with van der Waals surface area (Å²) in [4.78, 5) is 4.66. The highest BCUT2D eigenvalue weighted by molar-refractivity contribution is 5.69. The van der Waals surface area contributed by atoms with Crippen LogP contribution in [0.1, 0.15) is 60.1 Å². The van der Waals surface area contributed by atoms with Crippen LogP contribution in [0.3, 0.4) is 0 Å². The van der Waals surface area contributed by atoms with Gasteiger partial charge in [-0.1, -0.05) is 80.6 Å². The Morgan fingerprint density at radius 3 is 2.00 bits per heavy atom. The van der Waals surface area contributed by atoms with Crippen molar-refractivity contribution in [3.8, 4) is 11.3 Å². The van der Waals surface area contributed by atoms with E-state index in [0.717, 1.165) is 18.5 Å². The average Bonchev–Trinajstić information content (AvgIpc) is 2.81. The number of pyridine rings is 1. The molecule has 0 amide bonds. The number of fused-ring (bicyclic) bond motifs is 6. The molecule has 0 bridgehead atoms. The molecule has 31 heavy (non-hydrogen) atoms. The Hall–Kier alpha value is -3.19. The van der Waals surface area contributed by atoms with Crippen LogP contribution in [0.15, 0.2) is 91.1 Å². The summed E-state index contributed by atoms with van der Waals surface area (Å²) in [6.07, 6.45) is 5.21. The topological polar surface area (TPSA) is 12.9 Å². The molecule has 1 heterocycles. The standard InChI is InChI=1S/C30H27N/c1-29(2)16-17-30(27-20-23(14-15-26(27)29)28-13-7-8-18-31-28)24-11-5-3-9-21(24)19-22-10-4-6-12-25(22)30/h3-15,18,20H,16-17,19H2,1-2H3. The molecule has 0 unspecified atom stereocenters. The van der Waals surface area contributed by atoms with E-state index in [4.69, 9.17) is 0 Å². The lowest BCUT2D eigenvalue weighted by molar-refractivity contribution is 0.360. The van der Waals surface area contributed by atoms with Crippen molar-refractivity contribution in [1.29, 1.82) is 0 Å². The minimum atomic E-state index is -0.0962. The van der Waals surface area contributed by atoms with Gasteiger partial charge in [0.2, 0.25) is 0 Å². The predicted molar refractivity (Wildman–Crippen MR) is 128 cm³/mol. The number of aromatic nitrogens is 1. The molecule has 1 aromatic heterocycles. The third-order valence-electron chi connectivity index (χ3n) is 7.63. The van der Waals surface area contributed by atoms with Gasteiger partial charge in [0, 0.05) is 17.2 Å². The Kier molecular flexibility index (Phi) is 3.99. The first-order valence-corrected chi connectivity index (χ1v) is 11.3. The third-order valence-corrected chi connectivity index (χ3v) is 7.63. The number of hydrogen-bond acceptors (Lipinski definition) is 1. The molecule has 0 radical (unpaired) electrons. The molecule has 0 saturated carbocycles. The number of nitrogens with zero attached hydrogens (tertiary/aromatic N) is 1. The molecule has 6 rings (SSSR count). The summed E-state index contributed by atoms with van der Waals surface area (Å²) in [7, 11) is 0. The number of rotatable bonds is 1. The van der Waals surface area contributed by atoms with E-state index in [0.29, 0.717) is 0 Å². The molecule has 2 aliphatic carbocycles. The first-order valence-electron chi connectivity index (χ1n) is 11.3. The van der Waals surface area contributed by atoms with Gasteiger partial charge in [0.1, 0.15) is 0 Å². The van der Waals surface area contributed by atoms with Gasteiger partial charge in [-0.3, -0.25) is 4.98 Å². The van der Waals surface area contributed by atoms with Gasteiger partial charge in [0.05, 0.1) is 5.69 Å². The van der Waals surface area contributed by atoms with Crippen LogP contribution in [0.4, 0.5) is 0 Å². The summed E-state index contributed by atoms with van der Waals surface area (Å²) < 4.78 is 0. The Bertz CT molecular complexity index is 1240. The van der Waals surface area contributed by atoms with Crippen LogP contribution in [-0.4, -0.2) is 4.98 Å². The molecule has 0 N–H and O–H groups in total. The van der Waals surface area contributed by atoms with Gasteiger partial charge in [-0.05, 0) is 76.3 Å². The normalized spacial score (nSPS) is 17.5. The Labute approximate surface area is 184 Å². The van der Waals surface area contributed by atoms with Crippen LogP contribution in [0.5, 0.6) is 0 Å². The summed E-state index contributed by atoms with van der Waals surface area (Å²) in [6, 6.07) is 31.5. The van der Waals surface area contributed by atoms with Gasteiger partial charge in [0.25, 0.3) is 0 Å². The van der Waals surface area contributed by atoms with Crippen molar-refractivity contribution in [2.24, 2.45) is 0 Å². The Morgan fingerprint density at radius 1 is 0.645 bits per heavy atom. The van der Waals surface area contributed by atoms with Crippen molar-refractivity contribution >= 4 is 0 Å². The lowest BCUT2D eigenvalue weighted by Crippen LogP contribution is -2.42. The molecule has 1 nitrogen and oxygen atoms in total.